The molecule has 1 aromatic carbocycles. The van der Waals surface area contributed by atoms with E-state index in [4.69, 9.17) is 10.8 Å². The Kier molecular flexibility index (Phi) is 6.00. The number of ether oxygens (including phenoxy) is 1. The first-order valence-corrected chi connectivity index (χ1v) is 4.99. The third-order valence-corrected chi connectivity index (χ3v) is 2.19. The van der Waals surface area contributed by atoms with E-state index in [1.54, 1.807) is 0 Å². The number of hydrogen-bond donors (Lipinski definition) is 2. The van der Waals surface area contributed by atoms with Gasteiger partial charge in [0.25, 0.3) is 0 Å². The van der Waals surface area contributed by atoms with E-state index in [1.807, 2.05) is 0 Å². The van der Waals surface area contributed by atoms with Gasteiger partial charge in [0.2, 0.25) is 0 Å². The summed E-state index contributed by atoms with van der Waals surface area (Å²) in [4.78, 5) is 11.0. The molecule has 102 valence electrons. The van der Waals surface area contributed by atoms with Gasteiger partial charge in [0.05, 0.1) is 6.61 Å². The molecule has 0 aliphatic carbocycles. The molecule has 0 aromatic heterocycles. The summed E-state index contributed by atoms with van der Waals surface area (Å²) in [6.07, 6.45) is 0. The predicted octanol–water partition coefficient (Wildman–Crippen LogP) is 2.01. The van der Waals surface area contributed by atoms with E-state index >= 15 is 0 Å². The smallest absolute Gasteiger partial charge is 0.379 e. The van der Waals surface area contributed by atoms with Crippen molar-refractivity contribution in [2.75, 3.05) is 6.61 Å². The Morgan fingerprint density at radius 3 is 2.39 bits per heavy atom. The van der Waals surface area contributed by atoms with Gasteiger partial charge in [-0.2, -0.15) is 8.78 Å². The highest BCUT2D eigenvalue weighted by Gasteiger charge is 2.47. The second-order valence-corrected chi connectivity index (χ2v) is 3.41. The van der Waals surface area contributed by atoms with Gasteiger partial charge in [-0.1, -0.05) is 12.1 Å². The van der Waals surface area contributed by atoms with Crippen LogP contribution in [0.1, 0.15) is 18.5 Å². The van der Waals surface area contributed by atoms with Crippen LogP contribution in [0, 0.1) is 0 Å². The molecule has 1 atom stereocenters. The molecule has 0 heterocycles. The number of nitrogens with two attached hydrogens (primary N) is 1. The first-order chi connectivity index (χ1) is 7.89. The van der Waals surface area contributed by atoms with E-state index in [2.05, 4.69) is 4.74 Å². The minimum atomic E-state index is -3.80. The zero-order valence-corrected chi connectivity index (χ0v) is 10.4. The van der Waals surface area contributed by atoms with Gasteiger partial charge < -0.3 is 15.6 Å². The molecular weight excluding hydrogens is 268 g/mol. The highest BCUT2D eigenvalue weighted by Crippen LogP contribution is 2.31. The summed E-state index contributed by atoms with van der Waals surface area (Å²) in [6, 6.07) is 3.09. The van der Waals surface area contributed by atoms with Gasteiger partial charge in [-0.15, -0.1) is 12.4 Å². The molecule has 7 heteroatoms. The van der Waals surface area contributed by atoms with Crippen LogP contribution in [-0.2, 0) is 9.53 Å². The highest BCUT2D eigenvalue weighted by atomic mass is 35.5. The average molecular weight is 282 g/mol. The summed E-state index contributed by atoms with van der Waals surface area (Å²) in [5.41, 5.74) is 5.36. The minimum Gasteiger partial charge on any atom is -0.508 e. The normalized spacial score (nSPS) is 12.4. The average Bonchev–Trinajstić information content (AvgIpc) is 2.29. The third-order valence-electron chi connectivity index (χ3n) is 2.19. The number of rotatable bonds is 4. The standard InChI is InChI=1S/C11H13F2NO3.ClH/c1-2-17-10(16)11(12,13)9(14)7-3-5-8(15)6-4-7;/h3-6,9,15H,2,14H2,1H3;1H/t9-;/m0./s1. The van der Waals surface area contributed by atoms with Crippen LogP contribution in [0.5, 0.6) is 5.75 Å². The van der Waals surface area contributed by atoms with Crippen molar-refractivity contribution in [3.05, 3.63) is 29.8 Å². The second kappa shape index (κ2) is 6.51. The van der Waals surface area contributed by atoms with Crippen LogP contribution in [0.25, 0.3) is 0 Å². The SMILES string of the molecule is CCOC(=O)C(F)(F)[C@@H](N)c1ccc(O)cc1.Cl. The first kappa shape index (κ1) is 16.6. The maximum Gasteiger partial charge on any atom is 0.379 e. The van der Waals surface area contributed by atoms with Gasteiger partial charge >= 0.3 is 11.9 Å². The number of esters is 1. The molecule has 0 spiro atoms. The number of halogens is 3. The van der Waals surface area contributed by atoms with Crippen molar-refractivity contribution in [3.63, 3.8) is 0 Å². The fraction of sp³-hybridized carbons (Fsp3) is 0.364. The molecule has 0 saturated carbocycles. The first-order valence-electron chi connectivity index (χ1n) is 4.99. The Morgan fingerprint density at radius 2 is 1.94 bits per heavy atom. The molecule has 3 N–H and O–H groups in total. The maximum absolute atomic E-state index is 13.5. The number of benzene rings is 1. The lowest BCUT2D eigenvalue weighted by Crippen LogP contribution is -2.41. The molecule has 0 aliphatic rings. The maximum atomic E-state index is 13.5. The van der Waals surface area contributed by atoms with Crippen molar-refractivity contribution < 1.29 is 23.4 Å². The molecule has 0 aliphatic heterocycles. The van der Waals surface area contributed by atoms with Gasteiger partial charge in [-0.25, -0.2) is 4.79 Å². The van der Waals surface area contributed by atoms with Crippen molar-refractivity contribution in [1.29, 1.82) is 0 Å². The zero-order chi connectivity index (χ0) is 13.1. The highest BCUT2D eigenvalue weighted by molar-refractivity contribution is 5.85. The van der Waals surface area contributed by atoms with Crippen LogP contribution in [0.15, 0.2) is 24.3 Å². The lowest BCUT2D eigenvalue weighted by atomic mass is 10.0. The second-order valence-electron chi connectivity index (χ2n) is 3.41. The lowest BCUT2D eigenvalue weighted by Gasteiger charge is -2.21. The van der Waals surface area contributed by atoms with Crippen LogP contribution in [-0.4, -0.2) is 23.6 Å². The Labute approximate surface area is 109 Å². The molecule has 0 fully saturated rings. The van der Waals surface area contributed by atoms with Gasteiger partial charge in [-0.05, 0) is 24.6 Å². The van der Waals surface area contributed by atoms with Crippen molar-refractivity contribution >= 4 is 18.4 Å². The van der Waals surface area contributed by atoms with E-state index in [9.17, 15) is 13.6 Å². The molecule has 0 radical (unpaired) electrons. The molecule has 18 heavy (non-hydrogen) atoms. The van der Waals surface area contributed by atoms with Crippen molar-refractivity contribution in [3.8, 4) is 5.75 Å². The van der Waals surface area contributed by atoms with Crippen LogP contribution in [0.2, 0.25) is 0 Å². The Hall–Kier alpha value is -1.40. The number of alkyl halides is 2. The molecule has 1 aromatic rings. The van der Waals surface area contributed by atoms with E-state index in [0.717, 1.165) is 0 Å². The Bertz CT molecular complexity index is 398. The quantitative estimate of drug-likeness (QED) is 0.828. The number of carbonyl (C=O) groups is 1. The Balaban J connectivity index is 0.00000289. The zero-order valence-electron chi connectivity index (χ0n) is 9.60. The van der Waals surface area contributed by atoms with E-state index in [0.29, 0.717) is 0 Å². The number of aromatic hydroxyl groups is 1. The van der Waals surface area contributed by atoms with Gasteiger partial charge in [-0.3, -0.25) is 0 Å². The third kappa shape index (κ3) is 3.54. The van der Waals surface area contributed by atoms with Crippen LogP contribution < -0.4 is 5.73 Å². The minimum absolute atomic E-state index is 0. The molecule has 1 rings (SSSR count). The summed E-state index contributed by atoms with van der Waals surface area (Å²) in [5, 5.41) is 9.01. The molecule has 0 saturated heterocycles. The van der Waals surface area contributed by atoms with E-state index in [-0.39, 0.29) is 30.3 Å². The summed E-state index contributed by atoms with van der Waals surface area (Å²) in [7, 11) is 0. The molecule has 0 amide bonds. The Morgan fingerprint density at radius 1 is 1.44 bits per heavy atom. The van der Waals surface area contributed by atoms with Crippen molar-refractivity contribution in [2.45, 2.75) is 18.9 Å². The monoisotopic (exact) mass is 281 g/mol. The van der Waals surface area contributed by atoms with Crippen LogP contribution >= 0.6 is 12.4 Å². The predicted molar refractivity (Wildman–Crippen MR) is 63.9 cm³/mol. The largest absolute Gasteiger partial charge is 0.508 e. The summed E-state index contributed by atoms with van der Waals surface area (Å²) in [5.74, 6) is -5.52. The van der Waals surface area contributed by atoms with Crippen molar-refractivity contribution in [1.82, 2.24) is 0 Å². The number of phenols is 1. The van der Waals surface area contributed by atoms with Crippen molar-refractivity contribution in [2.24, 2.45) is 5.73 Å². The van der Waals surface area contributed by atoms with Crippen LogP contribution in [0.4, 0.5) is 8.78 Å². The molecule has 4 nitrogen and oxygen atoms in total. The van der Waals surface area contributed by atoms with Crippen LogP contribution in [0.3, 0.4) is 0 Å². The molecular formula is C11H14ClF2NO3. The van der Waals surface area contributed by atoms with E-state index < -0.39 is 17.9 Å². The summed E-state index contributed by atoms with van der Waals surface area (Å²) in [6.45, 7) is 1.29. The lowest BCUT2D eigenvalue weighted by molar-refractivity contribution is -0.174. The van der Waals surface area contributed by atoms with E-state index in [1.165, 1.54) is 31.2 Å². The van der Waals surface area contributed by atoms with Gasteiger partial charge in [0.1, 0.15) is 11.8 Å². The summed E-state index contributed by atoms with van der Waals surface area (Å²) >= 11 is 0. The van der Waals surface area contributed by atoms with Gasteiger partial charge in [0.15, 0.2) is 0 Å². The fourth-order valence-corrected chi connectivity index (χ4v) is 1.25. The van der Waals surface area contributed by atoms with Gasteiger partial charge in [0, 0.05) is 0 Å². The summed E-state index contributed by atoms with van der Waals surface area (Å²) < 4.78 is 31.3. The number of carbonyl (C=O) groups excluding carboxylic acids is 1. The fourth-order valence-electron chi connectivity index (χ4n) is 1.25. The molecule has 0 bridgehead atoms. The number of hydrogen-bond acceptors (Lipinski definition) is 4. The number of phenolic OH excluding ortho intramolecular Hbond substituents is 1. The topological polar surface area (TPSA) is 72.5 Å². The molecule has 0 unspecified atom stereocenters.